The number of rotatable bonds is 8. The summed E-state index contributed by atoms with van der Waals surface area (Å²) in [5.41, 5.74) is 4.90. The van der Waals surface area contributed by atoms with Gasteiger partial charge in [0.15, 0.2) is 18.9 Å². The summed E-state index contributed by atoms with van der Waals surface area (Å²) in [5.74, 6) is 0. The molecular formula is C23H26BN2O3+. The summed E-state index contributed by atoms with van der Waals surface area (Å²) in [7, 11) is 0.533. The first kappa shape index (κ1) is 20.8. The Bertz CT molecular complexity index is 924. The lowest BCUT2D eigenvalue weighted by Gasteiger charge is -2.17. The molecule has 0 bridgehead atoms. The van der Waals surface area contributed by atoms with Gasteiger partial charge in [0.25, 0.3) is 0 Å². The maximum atomic E-state index is 9.16. The summed E-state index contributed by atoms with van der Waals surface area (Å²) in [6.07, 6.45) is 8.21. The molecule has 0 fully saturated rings. The average molecular weight is 389 g/mol. The van der Waals surface area contributed by atoms with Crippen LogP contribution in [0.4, 0.5) is 5.69 Å². The molecule has 0 aliphatic carbocycles. The van der Waals surface area contributed by atoms with Crippen molar-refractivity contribution in [2.24, 2.45) is 0 Å². The number of nitrogens with zero attached hydrogens (tertiary/aromatic N) is 2. The standard InChI is InChI=1S/C23H26BN2O3/c1-25(16-17-27)23-10-6-19(7-11-23)2-3-20-12-14-26(15-13-20)18-21-4-8-22(9-5-21)24(28)29/h2-15,27-29H,16-18H2,1H3/q+1. The first-order valence-corrected chi connectivity index (χ1v) is 9.59. The van der Waals surface area contributed by atoms with Crippen LogP contribution in [0.15, 0.2) is 73.1 Å². The normalized spacial score (nSPS) is 11.0. The SMILES string of the molecule is CN(CCO)c1ccc(/C=C/c2cc[n+](Cc3ccc(B(O)O)cc3)cc2)cc1. The van der Waals surface area contributed by atoms with Gasteiger partial charge in [-0.1, -0.05) is 48.6 Å². The van der Waals surface area contributed by atoms with E-state index in [-0.39, 0.29) is 6.61 Å². The number of likely N-dealkylation sites (N-methyl/N-ethyl adjacent to an activating group) is 1. The molecule has 3 aromatic rings. The van der Waals surface area contributed by atoms with E-state index in [1.54, 1.807) is 12.1 Å². The summed E-state index contributed by atoms with van der Waals surface area (Å²) < 4.78 is 2.08. The van der Waals surface area contributed by atoms with Gasteiger partial charge in [0, 0.05) is 37.0 Å². The number of aliphatic hydroxyl groups excluding tert-OH is 1. The molecule has 0 amide bonds. The highest BCUT2D eigenvalue weighted by Gasteiger charge is 2.10. The molecular weight excluding hydrogens is 363 g/mol. The summed E-state index contributed by atoms with van der Waals surface area (Å²) in [5, 5.41) is 27.3. The maximum absolute atomic E-state index is 9.16. The number of anilines is 1. The van der Waals surface area contributed by atoms with E-state index in [2.05, 4.69) is 53.1 Å². The Hall–Kier alpha value is -2.93. The lowest BCUT2D eigenvalue weighted by atomic mass is 9.80. The fourth-order valence-corrected chi connectivity index (χ4v) is 3.00. The Morgan fingerprint density at radius 3 is 2.00 bits per heavy atom. The van der Waals surface area contributed by atoms with Gasteiger partial charge >= 0.3 is 7.12 Å². The Balaban J connectivity index is 1.60. The van der Waals surface area contributed by atoms with Gasteiger partial charge in [-0.15, -0.1) is 0 Å². The zero-order chi connectivity index (χ0) is 20.6. The fraction of sp³-hybridized carbons (Fsp3) is 0.174. The van der Waals surface area contributed by atoms with Gasteiger partial charge in [-0.3, -0.25) is 0 Å². The van der Waals surface area contributed by atoms with Gasteiger partial charge in [-0.25, -0.2) is 4.57 Å². The van der Waals surface area contributed by atoms with E-state index in [0.717, 1.165) is 22.4 Å². The third-order valence-electron chi connectivity index (χ3n) is 4.80. The van der Waals surface area contributed by atoms with Crippen LogP contribution in [-0.2, 0) is 6.54 Å². The predicted molar refractivity (Wildman–Crippen MR) is 118 cm³/mol. The Labute approximate surface area is 172 Å². The van der Waals surface area contributed by atoms with Crippen LogP contribution in [0, 0.1) is 0 Å². The van der Waals surface area contributed by atoms with Crippen molar-refractivity contribution < 1.29 is 19.7 Å². The van der Waals surface area contributed by atoms with E-state index in [4.69, 9.17) is 15.2 Å². The first-order chi connectivity index (χ1) is 14.0. The highest BCUT2D eigenvalue weighted by atomic mass is 16.4. The van der Waals surface area contributed by atoms with Gasteiger partial charge in [0.05, 0.1) is 6.61 Å². The van der Waals surface area contributed by atoms with Crippen LogP contribution >= 0.6 is 0 Å². The fourth-order valence-electron chi connectivity index (χ4n) is 3.00. The minimum atomic E-state index is -1.43. The second-order valence-corrected chi connectivity index (χ2v) is 6.99. The molecule has 5 nitrogen and oxygen atoms in total. The quantitative estimate of drug-likeness (QED) is 0.402. The van der Waals surface area contributed by atoms with E-state index in [1.807, 2.05) is 36.5 Å². The van der Waals surface area contributed by atoms with Crippen molar-refractivity contribution in [2.45, 2.75) is 6.54 Å². The Morgan fingerprint density at radius 2 is 1.45 bits per heavy atom. The van der Waals surface area contributed by atoms with Crippen LogP contribution < -0.4 is 14.9 Å². The number of hydrogen-bond donors (Lipinski definition) is 3. The van der Waals surface area contributed by atoms with Crippen LogP contribution in [-0.4, -0.2) is 42.5 Å². The third kappa shape index (κ3) is 6.02. The minimum absolute atomic E-state index is 0.142. The Kier molecular flexibility index (Phi) is 7.19. The molecule has 0 saturated carbocycles. The van der Waals surface area contributed by atoms with Gasteiger partial charge in [0.2, 0.25) is 0 Å². The van der Waals surface area contributed by atoms with Crippen LogP contribution in [0.2, 0.25) is 0 Å². The number of aromatic nitrogens is 1. The van der Waals surface area contributed by atoms with Crippen LogP contribution in [0.25, 0.3) is 12.2 Å². The largest absolute Gasteiger partial charge is 0.488 e. The summed E-state index contributed by atoms with van der Waals surface area (Å²) in [4.78, 5) is 2.02. The highest BCUT2D eigenvalue weighted by Crippen LogP contribution is 2.15. The molecule has 0 aliphatic heterocycles. The van der Waals surface area contributed by atoms with E-state index in [0.29, 0.717) is 18.6 Å². The van der Waals surface area contributed by atoms with Crippen molar-refractivity contribution in [3.05, 3.63) is 89.7 Å². The van der Waals surface area contributed by atoms with Gasteiger partial charge < -0.3 is 20.1 Å². The van der Waals surface area contributed by atoms with Crippen molar-refractivity contribution in [3.63, 3.8) is 0 Å². The number of aliphatic hydroxyl groups is 1. The van der Waals surface area contributed by atoms with Crippen LogP contribution in [0.1, 0.15) is 16.7 Å². The van der Waals surface area contributed by atoms with Gasteiger partial charge in [-0.2, -0.15) is 0 Å². The molecule has 1 aromatic heterocycles. The molecule has 3 N–H and O–H groups in total. The molecule has 29 heavy (non-hydrogen) atoms. The second kappa shape index (κ2) is 10.0. The molecule has 2 aromatic carbocycles. The smallest absolute Gasteiger partial charge is 0.423 e. The molecule has 3 rings (SSSR count). The van der Waals surface area contributed by atoms with Crippen molar-refractivity contribution in [3.8, 4) is 0 Å². The van der Waals surface area contributed by atoms with Crippen molar-refractivity contribution >= 4 is 30.4 Å². The number of hydrogen-bond acceptors (Lipinski definition) is 4. The second-order valence-electron chi connectivity index (χ2n) is 6.99. The van der Waals surface area contributed by atoms with Crippen LogP contribution in [0.3, 0.4) is 0 Å². The molecule has 6 heteroatoms. The monoisotopic (exact) mass is 389 g/mol. The van der Waals surface area contributed by atoms with Crippen molar-refractivity contribution in [2.75, 3.05) is 25.1 Å². The van der Waals surface area contributed by atoms with E-state index in [9.17, 15) is 0 Å². The molecule has 0 saturated heterocycles. The molecule has 0 spiro atoms. The van der Waals surface area contributed by atoms with E-state index < -0.39 is 7.12 Å². The van der Waals surface area contributed by atoms with Crippen molar-refractivity contribution in [1.29, 1.82) is 0 Å². The van der Waals surface area contributed by atoms with Crippen LogP contribution in [0.5, 0.6) is 0 Å². The molecule has 0 unspecified atom stereocenters. The lowest BCUT2D eigenvalue weighted by Crippen LogP contribution is -2.34. The zero-order valence-electron chi connectivity index (χ0n) is 16.5. The zero-order valence-corrected chi connectivity index (χ0v) is 16.5. The summed E-state index contributed by atoms with van der Waals surface area (Å²) in [6, 6.07) is 19.6. The lowest BCUT2D eigenvalue weighted by molar-refractivity contribution is -0.688. The highest BCUT2D eigenvalue weighted by molar-refractivity contribution is 6.58. The first-order valence-electron chi connectivity index (χ1n) is 9.59. The molecule has 148 valence electrons. The minimum Gasteiger partial charge on any atom is -0.423 e. The summed E-state index contributed by atoms with van der Waals surface area (Å²) in [6.45, 7) is 1.48. The van der Waals surface area contributed by atoms with E-state index >= 15 is 0 Å². The predicted octanol–water partition coefficient (Wildman–Crippen LogP) is 1.30. The Morgan fingerprint density at radius 1 is 0.862 bits per heavy atom. The number of pyridine rings is 1. The van der Waals surface area contributed by atoms with Crippen molar-refractivity contribution in [1.82, 2.24) is 0 Å². The average Bonchev–Trinajstić information content (AvgIpc) is 2.74. The number of benzene rings is 2. The molecule has 1 heterocycles. The molecule has 0 radical (unpaired) electrons. The molecule has 0 aliphatic rings. The van der Waals surface area contributed by atoms with Gasteiger partial charge in [-0.05, 0) is 28.7 Å². The maximum Gasteiger partial charge on any atom is 0.488 e. The van der Waals surface area contributed by atoms with Gasteiger partial charge in [0.1, 0.15) is 0 Å². The topological polar surface area (TPSA) is 67.8 Å². The van der Waals surface area contributed by atoms with E-state index in [1.165, 1.54) is 0 Å². The molecule has 0 atom stereocenters. The third-order valence-corrected chi connectivity index (χ3v) is 4.80. The summed E-state index contributed by atoms with van der Waals surface area (Å²) >= 11 is 0.